The van der Waals surface area contributed by atoms with Gasteiger partial charge in [-0.05, 0) is 24.1 Å². The van der Waals surface area contributed by atoms with Gasteiger partial charge in [0.05, 0.1) is 12.0 Å². The van der Waals surface area contributed by atoms with Crippen molar-refractivity contribution in [2.75, 3.05) is 7.11 Å². The van der Waals surface area contributed by atoms with Crippen molar-refractivity contribution in [1.29, 1.82) is 0 Å². The van der Waals surface area contributed by atoms with Crippen molar-refractivity contribution in [2.45, 2.75) is 11.2 Å². The van der Waals surface area contributed by atoms with E-state index in [4.69, 9.17) is 4.74 Å². The van der Waals surface area contributed by atoms with E-state index in [-0.39, 0.29) is 15.4 Å². The summed E-state index contributed by atoms with van der Waals surface area (Å²) in [5.74, 6) is 0.791. The van der Waals surface area contributed by atoms with Crippen molar-refractivity contribution >= 4 is 21.6 Å². The number of ether oxygens (including phenoxy) is 1. The third kappa shape index (κ3) is 3.36. The van der Waals surface area contributed by atoms with Crippen LogP contribution in [0.4, 0.5) is 5.69 Å². The summed E-state index contributed by atoms with van der Waals surface area (Å²) in [6.45, 7) is 0. The van der Waals surface area contributed by atoms with Crippen LogP contribution < -0.4 is 4.74 Å². The molecule has 20 heavy (non-hydrogen) atoms. The van der Waals surface area contributed by atoms with Crippen LogP contribution in [0, 0.1) is 10.1 Å². The van der Waals surface area contributed by atoms with Crippen LogP contribution >= 0.6 is 15.9 Å². The second-order valence-corrected chi connectivity index (χ2v) is 5.44. The van der Waals surface area contributed by atoms with Crippen LogP contribution in [0.25, 0.3) is 0 Å². The molecule has 0 aliphatic carbocycles. The molecule has 0 amide bonds. The van der Waals surface area contributed by atoms with Crippen LogP contribution in [0.5, 0.6) is 5.75 Å². The molecular weight excluding hydrogens is 322 g/mol. The minimum absolute atomic E-state index is 0.0227. The van der Waals surface area contributed by atoms with Crippen molar-refractivity contribution in [3.05, 3.63) is 69.8 Å². The minimum Gasteiger partial charge on any atom is -0.497 e. The van der Waals surface area contributed by atoms with E-state index < -0.39 is 0 Å². The summed E-state index contributed by atoms with van der Waals surface area (Å²) in [5.41, 5.74) is 1.93. The summed E-state index contributed by atoms with van der Waals surface area (Å²) in [4.78, 5) is 10.7. The third-order valence-corrected chi connectivity index (χ3v) is 3.92. The zero-order valence-corrected chi connectivity index (χ0v) is 12.5. The molecule has 2 aromatic carbocycles. The quantitative estimate of drug-likeness (QED) is 0.465. The van der Waals surface area contributed by atoms with E-state index in [9.17, 15) is 10.1 Å². The average molecular weight is 336 g/mol. The van der Waals surface area contributed by atoms with Gasteiger partial charge in [0, 0.05) is 16.5 Å². The molecule has 0 saturated heterocycles. The lowest BCUT2D eigenvalue weighted by Gasteiger charge is -2.11. The standard InChI is InChI=1S/C15H14BrNO3/c1-20-13-8-6-11(7-9-13)14(16)10-12-4-2-3-5-15(12)17(18)19/h2-9,14H,10H2,1H3. The van der Waals surface area contributed by atoms with Crippen molar-refractivity contribution in [2.24, 2.45) is 0 Å². The van der Waals surface area contributed by atoms with E-state index >= 15 is 0 Å². The molecule has 1 atom stereocenters. The average Bonchev–Trinajstić information content (AvgIpc) is 2.47. The van der Waals surface area contributed by atoms with E-state index in [1.54, 1.807) is 19.2 Å². The molecular formula is C15H14BrNO3. The van der Waals surface area contributed by atoms with Gasteiger partial charge in [-0.3, -0.25) is 10.1 Å². The zero-order chi connectivity index (χ0) is 14.5. The molecule has 0 saturated carbocycles. The van der Waals surface area contributed by atoms with E-state index in [2.05, 4.69) is 15.9 Å². The predicted octanol–water partition coefficient (Wildman–Crippen LogP) is 4.28. The number of para-hydroxylation sites is 1. The lowest BCUT2D eigenvalue weighted by Crippen LogP contribution is -2.00. The van der Waals surface area contributed by atoms with Gasteiger partial charge in [-0.15, -0.1) is 0 Å². The maximum Gasteiger partial charge on any atom is 0.272 e. The van der Waals surface area contributed by atoms with Gasteiger partial charge in [-0.2, -0.15) is 0 Å². The third-order valence-electron chi connectivity index (χ3n) is 3.06. The van der Waals surface area contributed by atoms with Crippen LogP contribution in [-0.4, -0.2) is 12.0 Å². The number of hydrogen-bond acceptors (Lipinski definition) is 3. The van der Waals surface area contributed by atoms with Gasteiger partial charge >= 0.3 is 0 Å². The Morgan fingerprint density at radius 3 is 2.45 bits per heavy atom. The Labute approximate surface area is 125 Å². The minimum atomic E-state index is -0.344. The van der Waals surface area contributed by atoms with Gasteiger partial charge in [-0.25, -0.2) is 0 Å². The van der Waals surface area contributed by atoms with Crippen molar-refractivity contribution in [3.63, 3.8) is 0 Å². The normalized spacial score (nSPS) is 11.9. The molecule has 4 nitrogen and oxygen atoms in total. The highest BCUT2D eigenvalue weighted by atomic mass is 79.9. The maximum atomic E-state index is 11.0. The lowest BCUT2D eigenvalue weighted by molar-refractivity contribution is -0.385. The van der Waals surface area contributed by atoms with Gasteiger partial charge in [-0.1, -0.05) is 46.3 Å². The van der Waals surface area contributed by atoms with Crippen LogP contribution in [0.15, 0.2) is 48.5 Å². The van der Waals surface area contributed by atoms with Crippen molar-refractivity contribution in [3.8, 4) is 5.75 Å². The number of nitro benzene ring substituents is 1. The monoisotopic (exact) mass is 335 g/mol. The van der Waals surface area contributed by atoms with Crippen LogP contribution in [-0.2, 0) is 6.42 Å². The number of alkyl halides is 1. The number of rotatable bonds is 5. The molecule has 0 spiro atoms. The maximum absolute atomic E-state index is 11.0. The molecule has 104 valence electrons. The van der Waals surface area contributed by atoms with Crippen molar-refractivity contribution < 1.29 is 9.66 Å². The van der Waals surface area contributed by atoms with E-state index in [0.717, 1.165) is 16.9 Å². The van der Waals surface area contributed by atoms with Gasteiger partial charge in [0.2, 0.25) is 0 Å². The number of benzene rings is 2. The smallest absolute Gasteiger partial charge is 0.272 e. The number of nitro groups is 1. The molecule has 0 radical (unpaired) electrons. The summed E-state index contributed by atoms with van der Waals surface area (Å²) in [6, 6.07) is 14.5. The molecule has 2 rings (SSSR count). The fourth-order valence-corrected chi connectivity index (χ4v) is 2.64. The van der Waals surface area contributed by atoms with Gasteiger partial charge < -0.3 is 4.74 Å². The molecule has 0 bridgehead atoms. The zero-order valence-electron chi connectivity index (χ0n) is 11.0. The highest BCUT2D eigenvalue weighted by Gasteiger charge is 2.16. The first kappa shape index (κ1) is 14.5. The molecule has 2 aromatic rings. The number of halogens is 1. The van der Waals surface area contributed by atoms with Crippen LogP contribution in [0.3, 0.4) is 0 Å². The number of methoxy groups -OCH3 is 1. The summed E-state index contributed by atoms with van der Waals surface area (Å²) in [6.07, 6.45) is 0.559. The first-order chi connectivity index (χ1) is 9.61. The van der Waals surface area contributed by atoms with E-state index in [1.165, 1.54) is 6.07 Å². The van der Waals surface area contributed by atoms with Gasteiger partial charge in [0.25, 0.3) is 5.69 Å². The Morgan fingerprint density at radius 2 is 1.85 bits per heavy atom. The van der Waals surface area contributed by atoms with Crippen LogP contribution in [0.2, 0.25) is 0 Å². The van der Waals surface area contributed by atoms with E-state index in [1.807, 2.05) is 30.3 Å². The predicted molar refractivity (Wildman–Crippen MR) is 81.5 cm³/mol. The van der Waals surface area contributed by atoms with Crippen LogP contribution in [0.1, 0.15) is 16.0 Å². The first-order valence-electron chi connectivity index (χ1n) is 6.12. The Balaban J connectivity index is 2.18. The van der Waals surface area contributed by atoms with E-state index in [0.29, 0.717) is 6.42 Å². The lowest BCUT2D eigenvalue weighted by atomic mass is 10.0. The molecule has 1 unspecified atom stereocenters. The summed E-state index contributed by atoms with van der Waals surface area (Å²) >= 11 is 3.59. The molecule has 0 aliphatic rings. The first-order valence-corrected chi connectivity index (χ1v) is 7.03. The second-order valence-electron chi connectivity index (χ2n) is 4.33. The molecule has 5 heteroatoms. The molecule has 0 N–H and O–H groups in total. The summed E-state index contributed by atoms with van der Waals surface area (Å²) < 4.78 is 5.11. The molecule has 0 fully saturated rings. The van der Waals surface area contributed by atoms with Gasteiger partial charge in [0.1, 0.15) is 5.75 Å². The highest BCUT2D eigenvalue weighted by molar-refractivity contribution is 9.09. The van der Waals surface area contributed by atoms with Crippen molar-refractivity contribution in [1.82, 2.24) is 0 Å². The number of hydrogen-bond donors (Lipinski definition) is 0. The molecule has 0 heterocycles. The summed E-state index contributed by atoms with van der Waals surface area (Å²) in [5, 5.41) is 11.0. The molecule has 0 aliphatic heterocycles. The topological polar surface area (TPSA) is 52.4 Å². The Bertz CT molecular complexity index is 598. The largest absolute Gasteiger partial charge is 0.497 e. The fourth-order valence-electron chi connectivity index (χ4n) is 1.99. The Morgan fingerprint density at radius 1 is 1.20 bits per heavy atom. The Kier molecular flexibility index (Phi) is 4.74. The van der Waals surface area contributed by atoms with Gasteiger partial charge in [0.15, 0.2) is 0 Å². The highest BCUT2D eigenvalue weighted by Crippen LogP contribution is 2.31. The summed E-state index contributed by atoms with van der Waals surface area (Å²) in [7, 11) is 1.62. The SMILES string of the molecule is COc1ccc(C(Br)Cc2ccccc2[N+](=O)[O-])cc1. The fraction of sp³-hybridized carbons (Fsp3) is 0.200. The number of nitrogens with zero attached hydrogens (tertiary/aromatic N) is 1. The second kappa shape index (κ2) is 6.52. The molecule has 0 aromatic heterocycles. The Hall–Kier alpha value is -1.88.